The van der Waals surface area contributed by atoms with Crippen molar-refractivity contribution in [2.45, 2.75) is 32.7 Å². The zero-order valence-electron chi connectivity index (χ0n) is 12.5. The Hall–Kier alpha value is -2.08. The van der Waals surface area contributed by atoms with E-state index in [-0.39, 0.29) is 6.04 Å². The van der Waals surface area contributed by atoms with Gasteiger partial charge in [-0.25, -0.2) is 15.0 Å². The smallest absolute Gasteiger partial charge is 0.182 e. The minimum absolute atomic E-state index is 0.227. The Labute approximate surface area is 124 Å². The van der Waals surface area contributed by atoms with E-state index in [0.717, 1.165) is 37.4 Å². The van der Waals surface area contributed by atoms with E-state index in [0.29, 0.717) is 11.5 Å². The number of rotatable bonds is 3. The summed E-state index contributed by atoms with van der Waals surface area (Å²) in [4.78, 5) is 20.0. The van der Waals surface area contributed by atoms with Gasteiger partial charge in [-0.05, 0) is 19.8 Å². The summed E-state index contributed by atoms with van der Waals surface area (Å²) in [6.07, 6.45) is 6.92. The third-order valence-electron chi connectivity index (χ3n) is 3.86. The summed E-state index contributed by atoms with van der Waals surface area (Å²) >= 11 is 0. The SMILES string of the molecule is CCc1c(C)nc(-c2cnccn2)nc1N1CCC(N)C1. The normalized spacial score (nSPS) is 18.2. The van der Waals surface area contributed by atoms with Crippen molar-refractivity contribution in [3.8, 4) is 11.5 Å². The Bertz CT molecular complexity index is 628. The molecule has 0 radical (unpaired) electrons. The number of hydrogen-bond donors (Lipinski definition) is 1. The molecule has 0 aliphatic carbocycles. The first-order valence-electron chi connectivity index (χ1n) is 7.33. The van der Waals surface area contributed by atoms with Crippen LogP contribution in [0.1, 0.15) is 24.6 Å². The van der Waals surface area contributed by atoms with Gasteiger partial charge in [-0.1, -0.05) is 6.92 Å². The van der Waals surface area contributed by atoms with Crippen LogP contribution in [-0.4, -0.2) is 39.1 Å². The number of aromatic nitrogens is 4. The lowest BCUT2D eigenvalue weighted by Crippen LogP contribution is -2.28. The number of nitrogens with zero attached hydrogens (tertiary/aromatic N) is 5. The highest BCUT2D eigenvalue weighted by Gasteiger charge is 2.24. The molecule has 1 unspecified atom stereocenters. The van der Waals surface area contributed by atoms with Gasteiger partial charge in [0.05, 0.1) is 6.20 Å². The number of anilines is 1. The van der Waals surface area contributed by atoms with Gasteiger partial charge < -0.3 is 10.6 Å². The van der Waals surface area contributed by atoms with Crippen LogP contribution in [0.5, 0.6) is 0 Å². The van der Waals surface area contributed by atoms with E-state index in [4.69, 9.17) is 10.7 Å². The van der Waals surface area contributed by atoms with E-state index in [1.54, 1.807) is 18.6 Å². The molecule has 1 atom stereocenters. The zero-order chi connectivity index (χ0) is 14.8. The van der Waals surface area contributed by atoms with Crippen LogP contribution < -0.4 is 10.6 Å². The maximum absolute atomic E-state index is 6.03. The molecule has 0 amide bonds. The standard InChI is InChI=1S/C15H20N6/c1-3-12-10(2)19-14(13-8-17-5-6-18-13)20-15(12)21-7-4-11(16)9-21/h5-6,8,11H,3-4,7,9,16H2,1-2H3. The molecular weight excluding hydrogens is 264 g/mol. The summed E-state index contributed by atoms with van der Waals surface area (Å²) in [7, 11) is 0. The predicted molar refractivity (Wildman–Crippen MR) is 82.0 cm³/mol. The van der Waals surface area contributed by atoms with Crippen molar-refractivity contribution >= 4 is 5.82 Å². The summed E-state index contributed by atoms with van der Waals surface area (Å²) in [6.45, 7) is 5.96. The van der Waals surface area contributed by atoms with E-state index in [1.807, 2.05) is 6.92 Å². The van der Waals surface area contributed by atoms with Gasteiger partial charge in [0.25, 0.3) is 0 Å². The highest BCUT2D eigenvalue weighted by Crippen LogP contribution is 2.27. The second kappa shape index (κ2) is 5.73. The zero-order valence-corrected chi connectivity index (χ0v) is 12.5. The van der Waals surface area contributed by atoms with Gasteiger partial charge >= 0.3 is 0 Å². The molecule has 1 aliphatic heterocycles. The highest BCUT2D eigenvalue weighted by atomic mass is 15.2. The molecule has 0 saturated carbocycles. The molecule has 2 aromatic rings. The van der Waals surface area contributed by atoms with Crippen LogP contribution in [-0.2, 0) is 6.42 Å². The van der Waals surface area contributed by atoms with Crippen molar-refractivity contribution in [1.82, 2.24) is 19.9 Å². The number of aryl methyl sites for hydroxylation is 1. The first-order valence-corrected chi connectivity index (χ1v) is 7.33. The number of hydrogen-bond acceptors (Lipinski definition) is 6. The Morgan fingerprint density at radius 2 is 2.19 bits per heavy atom. The lowest BCUT2D eigenvalue weighted by molar-refractivity contribution is 0.750. The van der Waals surface area contributed by atoms with Crippen LogP contribution in [0.4, 0.5) is 5.82 Å². The second-order valence-corrected chi connectivity index (χ2v) is 5.37. The van der Waals surface area contributed by atoms with Crippen molar-refractivity contribution in [3.05, 3.63) is 29.8 Å². The monoisotopic (exact) mass is 284 g/mol. The lowest BCUT2D eigenvalue weighted by atomic mass is 10.1. The van der Waals surface area contributed by atoms with Crippen LogP contribution in [0, 0.1) is 6.92 Å². The fourth-order valence-electron chi connectivity index (χ4n) is 2.77. The largest absolute Gasteiger partial charge is 0.355 e. The van der Waals surface area contributed by atoms with Gasteiger partial charge in [0.2, 0.25) is 0 Å². The molecule has 0 bridgehead atoms. The van der Waals surface area contributed by atoms with E-state index >= 15 is 0 Å². The summed E-state index contributed by atoms with van der Waals surface area (Å²) < 4.78 is 0. The third-order valence-corrected chi connectivity index (χ3v) is 3.86. The van der Waals surface area contributed by atoms with Crippen molar-refractivity contribution in [2.75, 3.05) is 18.0 Å². The molecule has 1 aliphatic rings. The molecule has 0 spiro atoms. The van der Waals surface area contributed by atoms with E-state index in [9.17, 15) is 0 Å². The van der Waals surface area contributed by atoms with Crippen molar-refractivity contribution < 1.29 is 0 Å². The van der Waals surface area contributed by atoms with Crippen LogP contribution in [0.15, 0.2) is 18.6 Å². The molecule has 21 heavy (non-hydrogen) atoms. The van der Waals surface area contributed by atoms with Gasteiger partial charge in [-0.3, -0.25) is 4.98 Å². The van der Waals surface area contributed by atoms with Crippen LogP contribution >= 0.6 is 0 Å². The topological polar surface area (TPSA) is 80.8 Å². The first-order chi connectivity index (χ1) is 10.2. The summed E-state index contributed by atoms with van der Waals surface area (Å²) in [6, 6.07) is 0.227. The molecule has 6 nitrogen and oxygen atoms in total. The molecule has 1 fully saturated rings. The molecule has 2 aromatic heterocycles. The molecule has 3 heterocycles. The van der Waals surface area contributed by atoms with Crippen molar-refractivity contribution in [3.63, 3.8) is 0 Å². The summed E-state index contributed by atoms with van der Waals surface area (Å²) in [5.41, 5.74) is 8.93. The summed E-state index contributed by atoms with van der Waals surface area (Å²) in [5, 5.41) is 0. The highest BCUT2D eigenvalue weighted by molar-refractivity contribution is 5.57. The van der Waals surface area contributed by atoms with E-state index in [1.165, 1.54) is 5.56 Å². The molecule has 1 saturated heterocycles. The van der Waals surface area contributed by atoms with Crippen molar-refractivity contribution in [2.24, 2.45) is 5.73 Å². The lowest BCUT2D eigenvalue weighted by Gasteiger charge is -2.21. The van der Waals surface area contributed by atoms with Gasteiger partial charge in [-0.2, -0.15) is 0 Å². The Morgan fingerprint density at radius 1 is 1.33 bits per heavy atom. The second-order valence-electron chi connectivity index (χ2n) is 5.37. The average Bonchev–Trinajstić information content (AvgIpc) is 2.94. The Kier molecular flexibility index (Phi) is 3.79. The Morgan fingerprint density at radius 3 is 2.81 bits per heavy atom. The summed E-state index contributed by atoms with van der Waals surface area (Å²) in [5.74, 6) is 1.63. The molecule has 0 aromatic carbocycles. The fourth-order valence-corrected chi connectivity index (χ4v) is 2.77. The molecule has 110 valence electrons. The van der Waals surface area contributed by atoms with Crippen LogP contribution in [0.3, 0.4) is 0 Å². The minimum Gasteiger partial charge on any atom is -0.355 e. The van der Waals surface area contributed by atoms with E-state index in [2.05, 4.69) is 26.8 Å². The van der Waals surface area contributed by atoms with Crippen LogP contribution in [0.2, 0.25) is 0 Å². The first kappa shape index (κ1) is 13.9. The predicted octanol–water partition coefficient (Wildman–Crippen LogP) is 1.34. The minimum atomic E-state index is 0.227. The maximum atomic E-state index is 6.03. The third kappa shape index (κ3) is 2.71. The van der Waals surface area contributed by atoms with Gasteiger partial charge in [0.1, 0.15) is 11.5 Å². The van der Waals surface area contributed by atoms with Crippen LogP contribution in [0.25, 0.3) is 11.5 Å². The average molecular weight is 284 g/mol. The van der Waals surface area contributed by atoms with Crippen molar-refractivity contribution in [1.29, 1.82) is 0 Å². The Balaban J connectivity index is 2.07. The maximum Gasteiger partial charge on any atom is 0.182 e. The van der Waals surface area contributed by atoms with Gasteiger partial charge in [0.15, 0.2) is 5.82 Å². The quantitative estimate of drug-likeness (QED) is 0.916. The number of nitrogens with two attached hydrogens (primary N) is 1. The van der Waals surface area contributed by atoms with Gasteiger partial charge in [-0.15, -0.1) is 0 Å². The molecule has 3 rings (SSSR count). The van der Waals surface area contributed by atoms with E-state index < -0.39 is 0 Å². The molecular formula is C15H20N6. The van der Waals surface area contributed by atoms with Gasteiger partial charge in [0, 0.05) is 42.8 Å². The fraction of sp³-hybridized carbons (Fsp3) is 0.467. The molecule has 6 heteroatoms. The molecule has 2 N–H and O–H groups in total.